The molecule has 0 saturated heterocycles. The predicted molar refractivity (Wildman–Crippen MR) is 147 cm³/mol. The fourth-order valence-corrected chi connectivity index (χ4v) is 4.28. The Morgan fingerprint density at radius 3 is 1.71 bits per heavy atom. The van der Waals surface area contributed by atoms with Gasteiger partial charge in [-0.2, -0.15) is 0 Å². The first-order chi connectivity index (χ1) is 19.4. The highest BCUT2D eigenvalue weighted by atomic mass is 35.5. The van der Waals surface area contributed by atoms with Crippen molar-refractivity contribution in [1.82, 2.24) is 0 Å². The lowest BCUT2D eigenvalue weighted by molar-refractivity contribution is -0.111. The molecule has 0 aliphatic heterocycles. The summed E-state index contributed by atoms with van der Waals surface area (Å²) in [5.41, 5.74) is 1.99. The zero-order valence-electron chi connectivity index (χ0n) is 21.1. The Morgan fingerprint density at radius 2 is 1.07 bits per heavy atom. The highest BCUT2D eigenvalue weighted by Crippen LogP contribution is 2.26. The van der Waals surface area contributed by atoms with Gasteiger partial charge < -0.3 is 10.2 Å². The van der Waals surface area contributed by atoms with Gasteiger partial charge in [0.05, 0.1) is 0 Å². The van der Waals surface area contributed by atoms with E-state index >= 15 is 0 Å². The molecule has 0 unspecified atom stereocenters. The normalized spacial score (nSPS) is 15.1. The van der Waals surface area contributed by atoms with E-state index in [0.29, 0.717) is 21.7 Å². The summed E-state index contributed by atoms with van der Waals surface area (Å²) in [6.07, 6.45) is 3.14. The maximum atomic E-state index is 12.8. The van der Waals surface area contributed by atoms with Crippen LogP contribution >= 0.6 is 11.6 Å². The molecule has 0 spiro atoms. The Morgan fingerprint density at radius 1 is 0.561 bits per heavy atom. The number of ketones is 6. The standard InChI is InChI=1S/C11H7FO2.C10H5ClO3.C10H6O3/c1-6-4-10(13)8-3-2-7(12)5-9(8)11(6)14;11-5-1-2-6-7(3-5)10(14)9(13)4-8(6)12;11-8-5-9(12)10(13)7-4-2-1-3-6(7)8/h2-5H,1H3;1-4,12H;1-5,11H. The van der Waals surface area contributed by atoms with Gasteiger partial charge in [-0.1, -0.05) is 35.9 Å². The number of Topliss-reactive ketones (excluding diaryl/α,β-unsaturated/α-hetero) is 3. The van der Waals surface area contributed by atoms with Gasteiger partial charge in [0, 0.05) is 56.1 Å². The van der Waals surface area contributed by atoms with E-state index in [9.17, 15) is 43.4 Å². The monoisotopic (exact) mass is 572 g/mol. The maximum Gasteiger partial charge on any atom is 0.233 e. The summed E-state index contributed by atoms with van der Waals surface area (Å²) in [5, 5.41) is 19.1. The van der Waals surface area contributed by atoms with Gasteiger partial charge in [-0.05, 0) is 49.4 Å². The van der Waals surface area contributed by atoms with E-state index in [1.54, 1.807) is 31.2 Å². The SMILES string of the molecule is CC1=CC(=O)c2ccc(F)cc2C1=O.O=C1C=C(O)c2ccc(Cl)cc2C1=O.O=C1C=C(O)c2ccccc2C1=O. The van der Waals surface area contributed by atoms with Crippen molar-refractivity contribution in [3.63, 3.8) is 0 Å². The molecule has 0 heterocycles. The predicted octanol–water partition coefficient (Wildman–Crippen LogP) is 5.51. The Kier molecular flexibility index (Phi) is 8.02. The zero-order valence-corrected chi connectivity index (χ0v) is 21.9. The molecule has 6 rings (SSSR count). The molecule has 8 nitrogen and oxygen atoms in total. The van der Waals surface area contributed by atoms with Gasteiger partial charge in [-0.25, -0.2) is 4.39 Å². The number of halogens is 2. The lowest BCUT2D eigenvalue weighted by Gasteiger charge is -2.11. The number of hydrogen-bond acceptors (Lipinski definition) is 8. The maximum absolute atomic E-state index is 12.8. The Hall–Kier alpha value is -5.28. The first-order valence-corrected chi connectivity index (χ1v) is 12.2. The van der Waals surface area contributed by atoms with E-state index in [0.717, 1.165) is 18.2 Å². The molecule has 204 valence electrons. The average molecular weight is 573 g/mol. The number of aliphatic hydroxyl groups is 2. The molecule has 0 fully saturated rings. The van der Waals surface area contributed by atoms with Crippen LogP contribution in [0.1, 0.15) is 59.5 Å². The molecule has 2 N–H and O–H groups in total. The van der Waals surface area contributed by atoms with Gasteiger partial charge in [-0.15, -0.1) is 0 Å². The summed E-state index contributed by atoms with van der Waals surface area (Å²) in [4.78, 5) is 67.6. The van der Waals surface area contributed by atoms with Crippen LogP contribution in [0.5, 0.6) is 0 Å². The average Bonchev–Trinajstić information content (AvgIpc) is 2.94. The van der Waals surface area contributed by atoms with Crippen molar-refractivity contribution >= 4 is 57.8 Å². The van der Waals surface area contributed by atoms with Crippen LogP contribution in [0.25, 0.3) is 11.5 Å². The molecular weight excluding hydrogens is 555 g/mol. The van der Waals surface area contributed by atoms with Crippen molar-refractivity contribution < 1.29 is 43.4 Å². The second kappa shape index (κ2) is 11.4. The second-order valence-corrected chi connectivity index (χ2v) is 9.33. The third-order valence-electron chi connectivity index (χ3n) is 6.13. The summed E-state index contributed by atoms with van der Waals surface area (Å²) in [6.45, 7) is 1.55. The Bertz CT molecular complexity index is 1800. The van der Waals surface area contributed by atoms with Crippen molar-refractivity contribution in [2.45, 2.75) is 6.92 Å². The van der Waals surface area contributed by atoms with E-state index in [4.69, 9.17) is 11.6 Å². The summed E-state index contributed by atoms with van der Waals surface area (Å²) in [5.74, 6) is -3.94. The number of allylic oxidation sites excluding steroid dienone is 4. The van der Waals surface area contributed by atoms with Crippen molar-refractivity contribution in [3.05, 3.63) is 129 Å². The van der Waals surface area contributed by atoms with Crippen LogP contribution in [-0.2, 0) is 9.59 Å². The first-order valence-electron chi connectivity index (χ1n) is 11.8. The third-order valence-corrected chi connectivity index (χ3v) is 6.37. The largest absolute Gasteiger partial charge is 0.507 e. The van der Waals surface area contributed by atoms with Crippen LogP contribution in [-0.4, -0.2) is 44.9 Å². The molecule has 0 bridgehead atoms. The van der Waals surface area contributed by atoms with Crippen LogP contribution in [0, 0.1) is 5.82 Å². The molecule has 3 aliphatic carbocycles. The van der Waals surface area contributed by atoms with Gasteiger partial charge >= 0.3 is 0 Å². The summed E-state index contributed by atoms with van der Waals surface area (Å²) in [6, 6.07) is 14.5. The van der Waals surface area contributed by atoms with E-state index in [1.807, 2.05) is 0 Å². The summed E-state index contributed by atoms with van der Waals surface area (Å²) >= 11 is 5.67. The van der Waals surface area contributed by atoms with Crippen LogP contribution < -0.4 is 0 Å². The molecule has 0 saturated carbocycles. The van der Waals surface area contributed by atoms with Gasteiger partial charge in [0.25, 0.3) is 0 Å². The Balaban J connectivity index is 0.000000142. The highest BCUT2D eigenvalue weighted by molar-refractivity contribution is 6.51. The van der Waals surface area contributed by atoms with Crippen LogP contribution in [0.15, 0.2) is 84.5 Å². The third kappa shape index (κ3) is 5.85. The fourth-order valence-electron chi connectivity index (χ4n) is 4.10. The van der Waals surface area contributed by atoms with Crippen LogP contribution in [0.2, 0.25) is 5.02 Å². The topological polar surface area (TPSA) is 143 Å². The van der Waals surface area contributed by atoms with Gasteiger partial charge in [0.15, 0.2) is 11.6 Å². The van der Waals surface area contributed by atoms with E-state index in [-0.39, 0.29) is 45.3 Å². The summed E-state index contributed by atoms with van der Waals surface area (Å²) < 4.78 is 12.8. The molecule has 3 aromatic rings. The lowest BCUT2D eigenvalue weighted by Crippen LogP contribution is -2.18. The molecule has 41 heavy (non-hydrogen) atoms. The first kappa shape index (κ1) is 28.7. The molecule has 0 amide bonds. The molecule has 3 aromatic carbocycles. The highest BCUT2D eigenvalue weighted by Gasteiger charge is 2.26. The molecule has 3 aliphatic rings. The number of hydrogen-bond donors (Lipinski definition) is 2. The van der Waals surface area contributed by atoms with Crippen molar-refractivity contribution in [2.24, 2.45) is 0 Å². The van der Waals surface area contributed by atoms with Crippen molar-refractivity contribution in [2.75, 3.05) is 0 Å². The number of rotatable bonds is 0. The molecular formula is C31H18ClFO8. The number of aliphatic hydroxyl groups excluding tert-OH is 2. The summed E-state index contributed by atoms with van der Waals surface area (Å²) in [7, 11) is 0. The minimum absolute atomic E-state index is 0.139. The van der Waals surface area contributed by atoms with Crippen LogP contribution in [0.3, 0.4) is 0 Å². The van der Waals surface area contributed by atoms with Gasteiger partial charge in [0.2, 0.25) is 23.1 Å². The molecule has 0 aromatic heterocycles. The number of fused-ring (bicyclic) bond motifs is 3. The number of carbonyl (C=O) groups is 6. The minimum atomic E-state index is -0.725. The van der Waals surface area contributed by atoms with E-state index < -0.39 is 29.0 Å². The zero-order chi connectivity index (χ0) is 30.0. The molecule has 0 atom stereocenters. The number of benzene rings is 3. The second-order valence-electron chi connectivity index (χ2n) is 8.89. The van der Waals surface area contributed by atoms with Gasteiger partial charge in [-0.3, -0.25) is 28.8 Å². The van der Waals surface area contributed by atoms with Crippen LogP contribution in [0.4, 0.5) is 4.39 Å². The quantitative estimate of drug-likeness (QED) is 0.336. The molecule has 10 heteroatoms. The van der Waals surface area contributed by atoms with E-state index in [2.05, 4.69) is 0 Å². The lowest BCUT2D eigenvalue weighted by atomic mass is 9.90. The minimum Gasteiger partial charge on any atom is -0.507 e. The van der Waals surface area contributed by atoms with Crippen molar-refractivity contribution in [1.29, 1.82) is 0 Å². The van der Waals surface area contributed by atoms with Gasteiger partial charge in [0.1, 0.15) is 17.3 Å². The Labute approximate surface area is 236 Å². The van der Waals surface area contributed by atoms with Crippen molar-refractivity contribution in [3.8, 4) is 0 Å². The van der Waals surface area contributed by atoms with E-state index in [1.165, 1.54) is 36.4 Å². The molecule has 0 radical (unpaired) electrons. The number of carbonyl (C=O) groups excluding carboxylic acids is 6. The fraction of sp³-hybridized carbons (Fsp3) is 0.0323. The smallest absolute Gasteiger partial charge is 0.233 e.